The second kappa shape index (κ2) is 10.7. The van der Waals surface area contributed by atoms with E-state index in [1.54, 1.807) is 35.2 Å². The third-order valence-electron chi connectivity index (χ3n) is 6.69. The Labute approximate surface area is 213 Å². The maximum absolute atomic E-state index is 13.7. The van der Waals surface area contributed by atoms with Crippen LogP contribution in [0.25, 0.3) is 10.9 Å². The molecule has 3 aromatic carbocycles. The number of benzene rings is 3. The summed E-state index contributed by atoms with van der Waals surface area (Å²) in [7, 11) is 0. The molecule has 0 spiro atoms. The zero-order chi connectivity index (χ0) is 25.8. The van der Waals surface area contributed by atoms with Crippen LogP contribution in [0.5, 0.6) is 0 Å². The Hall–Kier alpha value is -4.46. The smallest absolute Gasteiger partial charge is 0.253 e. The lowest BCUT2D eigenvalue weighted by atomic mass is 10.1. The van der Waals surface area contributed by atoms with Gasteiger partial charge in [0.1, 0.15) is 5.82 Å². The first-order valence-corrected chi connectivity index (χ1v) is 12.2. The fraction of sp³-hybridized carbons (Fsp3) is 0.207. The molecule has 7 nitrogen and oxygen atoms in total. The molecule has 3 amide bonds. The molecule has 1 fully saturated rings. The minimum absolute atomic E-state index is 0.0972. The highest BCUT2D eigenvalue weighted by atomic mass is 19.1. The lowest BCUT2D eigenvalue weighted by Gasteiger charge is -2.17. The maximum atomic E-state index is 13.7. The number of rotatable bonds is 8. The summed E-state index contributed by atoms with van der Waals surface area (Å²) >= 11 is 0. The van der Waals surface area contributed by atoms with Gasteiger partial charge in [-0.1, -0.05) is 42.5 Å². The molecule has 1 aliphatic heterocycles. The van der Waals surface area contributed by atoms with Gasteiger partial charge in [-0.25, -0.2) is 4.39 Å². The summed E-state index contributed by atoms with van der Waals surface area (Å²) in [5, 5.41) is 6.52. The van der Waals surface area contributed by atoms with Crippen molar-refractivity contribution in [1.82, 2.24) is 15.2 Å². The Bertz CT molecular complexity index is 1450. The van der Waals surface area contributed by atoms with Crippen molar-refractivity contribution < 1.29 is 18.8 Å². The number of halogens is 1. The van der Waals surface area contributed by atoms with Crippen molar-refractivity contribution in [2.75, 3.05) is 18.4 Å². The third kappa shape index (κ3) is 5.53. The molecule has 0 saturated carbocycles. The molecule has 2 heterocycles. The molecule has 0 radical (unpaired) electrons. The fourth-order valence-electron chi connectivity index (χ4n) is 4.68. The summed E-state index contributed by atoms with van der Waals surface area (Å²) in [5.74, 6) is -1.52. The molecule has 4 aromatic rings. The molecule has 188 valence electrons. The van der Waals surface area contributed by atoms with Gasteiger partial charge in [-0.3, -0.25) is 14.4 Å². The fourth-order valence-corrected chi connectivity index (χ4v) is 4.68. The number of hydrogen-bond donors (Lipinski definition) is 3. The van der Waals surface area contributed by atoms with Crippen LogP contribution in [-0.4, -0.2) is 40.7 Å². The van der Waals surface area contributed by atoms with E-state index >= 15 is 0 Å². The van der Waals surface area contributed by atoms with E-state index in [4.69, 9.17) is 0 Å². The molecule has 1 saturated heterocycles. The molecule has 37 heavy (non-hydrogen) atoms. The number of para-hydroxylation sites is 1. The number of carbonyl (C=O) groups is 3. The van der Waals surface area contributed by atoms with Gasteiger partial charge in [0.05, 0.1) is 17.2 Å². The predicted molar refractivity (Wildman–Crippen MR) is 139 cm³/mol. The number of nitrogens with one attached hydrogen (secondary N) is 3. The van der Waals surface area contributed by atoms with E-state index in [1.165, 1.54) is 12.1 Å². The largest absolute Gasteiger partial charge is 0.361 e. The third-order valence-corrected chi connectivity index (χ3v) is 6.69. The zero-order valence-electron chi connectivity index (χ0n) is 20.2. The number of H-pyrrole nitrogens is 1. The van der Waals surface area contributed by atoms with Crippen LogP contribution in [0, 0.1) is 11.7 Å². The quantitative estimate of drug-likeness (QED) is 0.339. The highest BCUT2D eigenvalue weighted by molar-refractivity contribution is 6.05. The van der Waals surface area contributed by atoms with Crippen molar-refractivity contribution in [2.45, 2.75) is 19.4 Å². The van der Waals surface area contributed by atoms with Crippen molar-refractivity contribution in [3.05, 3.63) is 102 Å². The van der Waals surface area contributed by atoms with E-state index in [1.807, 2.05) is 36.5 Å². The number of aromatic amines is 1. The molecule has 1 atom stereocenters. The summed E-state index contributed by atoms with van der Waals surface area (Å²) in [6.45, 7) is 1.10. The summed E-state index contributed by atoms with van der Waals surface area (Å²) < 4.78 is 13.7. The summed E-state index contributed by atoms with van der Waals surface area (Å²) in [6.07, 6.45) is 2.49. The Morgan fingerprint density at radius 1 is 1.03 bits per heavy atom. The maximum Gasteiger partial charge on any atom is 0.253 e. The van der Waals surface area contributed by atoms with E-state index in [2.05, 4.69) is 15.6 Å². The van der Waals surface area contributed by atoms with Gasteiger partial charge in [-0.05, 0) is 47.9 Å². The van der Waals surface area contributed by atoms with E-state index < -0.39 is 5.92 Å². The second-order valence-corrected chi connectivity index (χ2v) is 9.20. The van der Waals surface area contributed by atoms with Crippen LogP contribution in [0.3, 0.4) is 0 Å². The number of fused-ring (bicyclic) bond motifs is 1. The van der Waals surface area contributed by atoms with Gasteiger partial charge >= 0.3 is 0 Å². The Morgan fingerprint density at radius 3 is 2.65 bits per heavy atom. The average molecular weight is 499 g/mol. The molecule has 1 aromatic heterocycles. The molecule has 3 N–H and O–H groups in total. The lowest BCUT2D eigenvalue weighted by Crippen LogP contribution is -2.30. The molecule has 5 rings (SSSR count). The number of hydrogen-bond acceptors (Lipinski definition) is 3. The number of aromatic nitrogens is 1. The van der Waals surface area contributed by atoms with E-state index in [9.17, 15) is 18.8 Å². The van der Waals surface area contributed by atoms with Crippen LogP contribution in [0.1, 0.15) is 27.9 Å². The molecule has 0 aliphatic carbocycles. The second-order valence-electron chi connectivity index (χ2n) is 9.20. The van der Waals surface area contributed by atoms with Gasteiger partial charge < -0.3 is 20.5 Å². The molecule has 0 bridgehead atoms. The topological polar surface area (TPSA) is 94.3 Å². The summed E-state index contributed by atoms with van der Waals surface area (Å²) in [4.78, 5) is 43.3. The average Bonchev–Trinajstić information content (AvgIpc) is 3.49. The molecule has 1 aliphatic rings. The van der Waals surface area contributed by atoms with Crippen LogP contribution >= 0.6 is 0 Å². The summed E-state index contributed by atoms with van der Waals surface area (Å²) in [5.41, 5.74) is 3.50. The standard InChI is InChI=1S/C29H27FN4O3/c30-22-10-11-25-24(15-22)20(17-31-25)12-13-34-18-21(14-27(34)35)28(36)33-26-9-5-4-8-23(26)29(37)32-16-19-6-2-1-3-7-19/h1-11,15,17,21,31H,12-14,16,18H2,(H,32,37)(H,33,36)/t21-/m1/s1. The monoisotopic (exact) mass is 498 g/mol. The van der Waals surface area contributed by atoms with Gasteiger partial charge in [-0.2, -0.15) is 0 Å². The number of nitrogens with zero attached hydrogens (tertiary/aromatic N) is 1. The predicted octanol–water partition coefficient (Wildman–Crippen LogP) is 4.27. The Kier molecular flexibility index (Phi) is 6.98. The lowest BCUT2D eigenvalue weighted by molar-refractivity contribution is -0.128. The van der Waals surface area contributed by atoms with Crippen molar-refractivity contribution >= 4 is 34.3 Å². The number of amides is 3. The minimum Gasteiger partial charge on any atom is -0.361 e. The van der Waals surface area contributed by atoms with Crippen molar-refractivity contribution in [1.29, 1.82) is 0 Å². The highest BCUT2D eigenvalue weighted by Gasteiger charge is 2.34. The Morgan fingerprint density at radius 2 is 1.81 bits per heavy atom. The van der Waals surface area contributed by atoms with Crippen molar-refractivity contribution in [3.63, 3.8) is 0 Å². The van der Waals surface area contributed by atoms with Gasteiger partial charge in [0, 0.05) is 43.2 Å². The molecular formula is C29H27FN4O3. The Balaban J connectivity index is 1.19. The van der Waals surface area contributed by atoms with Crippen LogP contribution in [-0.2, 0) is 22.6 Å². The van der Waals surface area contributed by atoms with Gasteiger partial charge in [0.15, 0.2) is 0 Å². The van der Waals surface area contributed by atoms with Crippen LogP contribution in [0.2, 0.25) is 0 Å². The van der Waals surface area contributed by atoms with Gasteiger partial charge in [-0.15, -0.1) is 0 Å². The van der Waals surface area contributed by atoms with Crippen LogP contribution in [0.15, 0.2) is 79.0 Å². The molecule has 0 unspecified atom stereocenters. The first-order valence-electron chi connectivity index (χ1n) is 12.2. The normalized spacial score (nSPS) is 15.2. The number of carbonyl (C=O) groups excluding carboxylic acids is 3. The molecule has 8 heteroatoms. The summed E-state index contributed by atoms with van der Waals surface area (Å²) in [6, 6.07) is 21.0. The van der Waals surface area contributed by atoms with Gasteiger partial charge in [0.25, 0.3) is 5.91 Å². The number of likely N-dealkylation sites (tertiary alicyclic amines) is 1. The van der Waals surface area contributed by atoms with Crippen molar-refractivity contribution in [3.8, 4) is 0 Å². The minimum atomic E-state index is -0.520. The van der Waals surface area contributed by atoms with Crippen molar-refractivity contribution in [2.24, 2.45) is 5.92 Å². The SMILES string of the molecule is O=C(NCc1ccccc1)c1ccccc1NC(=O)[C@@H]1CC(=O)N(CCc2c[nH]c3ccc(F)cc23)C1. The van der Waals surface area contributed by atoms with E-state index in [-0.39, 0.29) is 30.0 Å². The van der Waals surface area contributed by atoms with Crippen LogP contribution < -0.4 is 10.6 Å². The van der Waals surface area contributed by atoms with E-state index in [0.717, 1.165) is 22.0 Å². The van der Waals surface area contributed by atoms with Crippen LogP contribution in [0.4, 0.5) is 10.1 Å². The number of anilines is 1. The zero-order valence-corrected chi connectivity index (χ0v) is 20.2. The highest BCUT2D eigenvalue weighted by Crippen LogP contribution is 2.24. The first kappa shape index (κ1) is 24.2. The van der Waals surface area contributed by atoms with Gasteiger partial charge in [0.2, 0.25) is 11.8 Å². The first-order chi connectivity index (χ1) is 18.0. The van der Waals surface area contributed by atoms with E-state index in [0.29, 0.717) is 37.3 Å². The molecular weight excluding hydrogens is 471 g/mol.